The molecule has 2 N–H and O–H groups in total. The lowest BCUT2D eigenvalue weighted by atomic mass is 10.1. The van der Waals surface area contributed by atoms with Gasteiger partial charge in [0.15, 0.2) is 5.82 Å². The van der Waals surface area contributed by atoms with E-state index in [0.29, 0.717) is 18.1 Å². The van der Waals surface area contributed by atoms with Crippen molar-refractivity contribution in [1.82, 2.24) is 9.97 Å². The van der Waals surface area contributed by atoms with Gasteiger partial charge < -0.3 is 10.4 Å². The first-order valence-electron chi connectivity index (χ1n) is 6.81. The van der Waals surface area contributed by atoms with Crippen LogP contribution in [0.2, 0.25) is 0 Å². The summed E-state index contributed by atoms with van der Waals surface area (Å²) in [5.74, 6) is 0.582. The van der Waals surface area contributed by atoms with E-state index in [0.717, 1.165) is 11.1 Å². The van der Waals surface area contributed by atoms with Crippen LogP contribution in [0.25, 0.3) is 11.3 Å². The molecule has 0 radical (unpaired) electrons. The zero-order valence-electron chi connectivity index (χ0n) is 11.7. The number of nitrogens with zero attached hydrogens (tertiary/aromatic N) is 2. The fraction of sp³-hybridized carbons (Fsp3) is 0.0588. The lowest BCUT2D eigenvalue weighted by molar-refractivity contribution is 0.475. The standard InChI is InChI=1S/C17H14FN3O/c18-14-5-1-12(2-6-14)11-21-17-16(19-9-10-20-17)13-3-7-15(22)8-4-13/h1-10,22H,11H2,(H,20,21). The molecular formula is C17H14FN3O. The molecule has 3 aromatic rings. The minimum absolute atomic E-state index is 0.202. The van der Waals surface area contributed by atoms with Crippen LogP contribution in [-0.4, -0.2) is 15.1 Å². The average Bonchev–Trinajstić information content (AvgIpc) is 2.55. The second-order valence-corrected chi connectivity index (χ2v) is 4.78. The van der Waals surface area contributed by atoms with Crippen molar-refractivity contribution in [3.63, 3.8) is 0 Å². The van der Waals surface area contributed by atoms with Crippen molar-refractivity contribution in [2.75, 3.05) is 5.32 Å². The molecule has 0 aliphatic carbocycles. The molecule has 4 nitrogen and oxygen atoms in total. The Hall–Kier alpha value is -2.95. The largest absolute Gasteiger partial charge is 0.508 e. The van der Waals surface area contributed by atoms with Gasteiger partial charge in [-0.05, 0) is 42.0 Å². The Kier molecular flexibility index (Phi) is 3.96. The van der Waals surface area contributed by atoms with E-state index in [-0.39, 0.29) is 11.6 Å². The molecule has 0 amide bonds. The molecule has 0 aliphatic heterocycles. The highest BCUT2D eigenvalue weighted by molar-refractivity contribution is 5.71. The Bertz CT molecular complexity index is 758. The summed E-state index contributed by atoms with van der Waals surface area (Å²) in [6.45, 7) is 0.518. The third-order valence-corrected chi connectivity index (χ3v) is 3.21. The van der Waals surface area contributed by atoms with Gasteiger partial charge in [-0.1, -0.05) is 12.1 Å². The summed E-state index contributed by atoms with van der Waals surface area (Å²) in [6, 6.07) is 13.1. The number of rotatable bonds is 4. The number of aromatic hydroxyl groups is 1. The van der Waals surface area contributed by atoms with Crippen LogP contribution in [0, 0.1) is 5.82 Å². The average molecular weight is 295 g/mol. The minimum Gasteiger partial charge on any atom is -0.508 e. The highest BCUT2D eigenvalue weighted by Crippen LogP contribution is 2.25. The number of hydrogen-bond donors (Lipinski definition) is 2. The zero-order chi connectivity index (χ0) is 15.4. The Morgan fingerprint density at radius 3 is 2.32 bits per heavy atom. The number of aromatic nitrogens is 2. The summed E-state index contributed by atoms with van der Waals surface area (Å²) in [5.41, 5.74) is 2.50. The van der Waals surface area contributed by atoms with Crippen LogP contribution in [0.1, 0.15) is 5.56 Å². The fourth-order valence-corrected chi connectivity index (χ4v) is 2.09. The lowest BCUT2D eigenvalue weighted by Crippen LogP contribution is -2.04. The predicted octanol–water partition coefficient (Wildman–Crippen LogP) is 3.60. The quantitative estimate of drug-likeness (QED) is 0.772. The van der Waals surface area contributed by atoms with Gasteiger partial charge in [-0.2, -0.15) is 0 Å². The number of phenols is 1. The predicted molar refractivity (Wildman–Crippen MR) is 82.9 cm³/mol. The third-order valence-electron chi connectivity index (χ3n) is 3.21. The van der Waals surface area contributed by atoms with Gasteiger partial charge in [0.25, 0.3) is 0 Å². The molecule has 0 unspecified atom stereocenters. The van der Waals surface area contributed by atoms with Crippen LogP contribution in [-0.2, 0) is 6.54 Å². The monoisotopic (exact) mass is 295 g/mol. The summed E-state index contributed by atoms with van der Waals surface area (Å²) in [6.07, 6.45) is 3.22. The van der Waals surface area contributed by atoms with E-state index in [9.17, 15) is 9.50 Å². The molecule has 110 valence electrons. The fourth-order valence-electron chi connectivity index (χ4n) is 2.09. The third kappa shape index (κ3) is 3.20. The highest BCUT2D eigenvalue weighted by atomic mass is 19.1. The molecule has 0 bridgehead atoms. The summed E-state index contributed by atoms with van der Waals surface area (Å²) in [7, 11) is 0. The van der Waals surface area contributed by atoms with Crippen LogP contribution in [0.3, 0.4) is 0 Å². The van der Waals surface area contributed by atoms with Crippen LogP contribution in [0.4, 0.5) is 10.2 Å². The smallest absolute Gasteiger partial charge is 0.152 e. The summed E-state index contributed by atoms with van der Waals surface area (Å²) in [4.78, 5) is 8.64. The van der Waals surface area contributed by atoms with E-state index < -0.39 is 0 Å². The Labute approximate surface area is 127 Å². The van der Waals surface area contributed by atoms with E-state index >= 15 is 0 Å². The van der Waals surface area contributed by atoms with Crippen molar-refractivity contribution < 1.29 is 9.50 Å². The van der Waals surface area contributed by atoms with Gasteiger partial charge in [-0.3, -0.25) is 4.98 Å². The van der Waals surface area contributed by atoms with Gasteiger partial charge in [0.05, 0.1) is 0 Å². The Morgan fingerprint density at radius 1 is 0.909 bits per heavy atom. The summed E-state index contributed by atoms with van der Waals surface area (Å²) in [5, 5.41) is 12.6. The maximum Gasteiger partial charge on any atom is 0.152 e. The SMILES string of the molecule is Oc1ccc(-c2nccnc2NCc2ccc(F)cc2)cc1. The Morgan fingerprint density at radius 2 is 1.59 bits per heavy atom. The molecule has 5 heteroatoms. The molecule has 0 aliphatic rings. The first-order valence-corrected chi connectivity index (χ1v) is 6.81. The van der Waals surface area contributed by atoms with Crippen LogP contribution in [0.15, 0.2) is 60.9 Å². The van der Waals surface area contributed by atoms with Crippen LogP contribution >= 0.6 is 0 Å². The van der Waals surface area contributed by atoms with Gasteiger partial charge in [-0.15, -0.1) is 0 Å². The van der Waals surface area contributed by atoms with E-state index in [1.54, 1.807) is 48.8 Å². The molecule has 3 rings (SSSR count). The maximum absolute atomic E-state index is 12.9. The number of benzene rings is 2. The van der Waals surface area contributed by atoms with Crippen molar-refractivity contribution in [1.29, 1.82) is 0 Å². The molecular weight excluding hydrogens is 281 g/mol. The molecule has 0 saturated carbocycles. The maximum atomic E-state index is 12.9. The molecule has 1 heterocycles. The second kappa shape index (κ2) is 6.22. The van der Waals surface area contributed by atoms with E-state index in [4.69, 9.17) is 0 Å². The number of halogens is 1. The van der Waals surface area contributed by atoms with Crippen LogP contribution in [0.5, 0.6) is 5.75 Å². The van der Waals surface area contributed by atoms with Gasteiger partial charge in [-0.25, -0.2) is 9.37 Å². The van der Waals surface area contributed by atoms with Crippen molar-refractivity contribution in [2.45, 2.75) is 6.54 Å². The van der Waals surface area contributed by atoms with E-state index in [1.165, 1.54) is 12.1 Å². The number of anilines is 1. The number of hydrogen-bond acceptors (Lipinski definition) is 4. The second-order valence-electron chi connectivity index (χ2n) is 4.78. The molecule has 0 saturated heterocycles. The Balaban J connectivity index is 1.82. The summed E-state index contributed by atoms with van der Waals surface area (Å²) < 4.78 is 12.9. The van der Waals surface area contributed by atoms with Gasteiger partial charge in [0.1, 0.15) is 17.3 Å². The molecule has 22 heavy (non-hydrogen) atoms. The molecule has 2 aromatic carbocycles. The number of phenolic OH excluding ortho intramolecular Hbond substituents is 1. The van der Waals surface area contributed by atoms with Crippen molar-refractivity contribution in [2.24, 2.45) is 0 Å². The lowest BCUT2D eigenvalue weighted by Gasteiger charge is -2.10. The normalized spacial score (nSPS) is 10.4. The van der Waals surface area contributed by atoms with Gasteiger partial charge >= 0.3 is 0 Å². The van der Waals surface area contributed by atoms with Gasteiger partial charge in [0.2, 0.25) is 0 Å². The van der Waals surface area contributed by atoms with Crippen molar-refractivity contribution >= 4 is 5.82 Å². The molecule has 0 atom stereocenters. The summed E-state index contributed by atoms with van der Waals surface area (Å²) >= 11 is 0. The minimum atomic E-state index is -0.256. The van der Waals surface area contributed by atoms with Gasteiger partial charge in [0, 0.05) is 24.5 Å². The van der Waals surface area contributed by atoms with Crippen molar-refractivity contribution in [3.05, 3.63) is 72.3 Å². The van der Waals surface area contributed by atoms with Crippen LogP contribution < -0.4 is 5.32 Å². The topological polar surface area (TPSA) is 58.0 Å². The van der Waals surface area contributed by atoms with E-state index in [1.807, 2.05) is 0 Å². The first kappa shape index (κ1) is 14.0. The molecule has 0 spiro atoms. The highest BCUT2D eigenvalue weighted by Gasteiger charge is 2.07. The zero-order valence-corrected chi connectivity index (χ0v) is 11.7. The van der Waals surface area contributed by atoms with E-state index in [2.05, 4.69) is 15.3 Å². The first-order chi connectivity index (χ1) is 10.7. The molecule has 1 aromatic heterocycles. The number of nitrogens with one attached hydrogen (secondary N) is 1. The van der Waals surface area contributed by atoms with Crippen molar-refractivity contribution in [3.8, 4) is 17.0 Å². The molecule has 0 fully saturated rings.